The molecule has 0 radical (unpaired) electrons. The van der Waals surface area contributed by atoms with Gasteiger partial charge in [0.05, 0.1) is 18.4 Å². The number of nitrogen functional groups attached to an aromatic ring is 1. The number of anilines is 1. The van der Waals surface area contributed by atoms with Gasteiger partial charge < -0.3 is 10.5 Å². The predicted octanol–water partition coefficient (Wildman–Crippen LogP) is 3.34. The molecule has 0 saturated heterocycles. The number of hydrogen-bond acceptors (Lipinski definition) is 3. The van der Waals surface area contributed by atoms with E-state index in [1.807, 2.05) is 49.4 Å². The van der Waals surface area contributed by atoms with Crippen molar-refractivity contribution >= 4 is 17.6 Å². The van der Waals surface area contributed by atoms with Gasteiger partial charge in [0.2, 0.25) is 0 Å². The minimum absolute atomic E-state index is 0.658. The number of rotatable bonds is 3. The van der Waals surface area contributed by atoms with E-state index in [0.29, 0.717) is 5.69 Å². The zero-order valence-corrected chi connectivity index (χ0v) is 10.6. The van der Waals surface area contributed by atoms with Crippen molar-refractivity contribution in [3.05, 3.63) is 53.6 Å². The molecule has 3 heteroatoms. The maximum atomic E-state index is 5.91. The maximum Gasteiger partial charge on any atom is 0.129 e. The van der Waals surface area contributed by atoms with Crippen molar-refractivity contribution in [2.45, 2.75) is 6.92 Å². The number of methoxy groups -OCH3 is 1. The molecule has 0 aliphatic rings. The van der Waals surface area contributed by atoms with Gasteiger partial charge in [0.1, 0.15) is 5.75 Å². The van der Waals surface area contributed by atoms with Gasteiger partial charge in [-0.3, -0.25) is 4.99 Å². The van der Waals surface area contributed by atoms with Crippen LogP contribution in [0.5, 0.6) is 5.75 Å². The Bertz CT molecular complexity index is 559. The first-order valence-corrected chi connectivity index (χ1v) is 5.74. The third-order valence-electron chi connectivity index (χ3n) is 2.70. The molecule has 0 spiro atoms. The summed E-state index contributed by atoms with van der Waals surface area (Å²) in [6, 6.07) is 13.6. The lowest BCUT2D eigenvalue weighted by atomic mass is 10.1. The van der Waals surface area contributed by atoms with Crippen molar-refractivity contribution in [1.29, 1.82) is 0 Å². The third kappa shape index (κ3) is 2.69. The number of aliphatic imine (C=N–C) groups is 1. The lowest BCUT2D eigenvalue weighted by Crippen LogP contribution is -1.96. The summed E-state index contributed by atoms with van der Waals surface area (Å²) in [6.07, 6.45) is 1.73. The summed E-state index contributed by atoms with van der Waals surface area (Å²) < 4.78 is 5.26. The van der Waals surface area contributed by atoms with Gasteiger partial charge in [-0.1, -0.05) is 23.8 Å². The first-order valence-electron chi connectivity index (χ1n) is 5.74. The van der Waals surface area contributed by atoms with Crippen LogP contribution < -0.4 is 10.5 Å². The number of nitrogens with zero attached hydrogens (tertiary/aromatic N) is 1. The molecule has 2 rings (SSSR count). The number of nitrogens with two attached hydrogens (primary N) is 1. The Morgan fingerprint density at radius 2 is 1.83 bits per heavy atom. The van der Waals surface area contributed by atoms with E-state index in [1.165, 1.54) is 5.56 Å². The zero-order chi connectivity index (χ0) is 13.0. The molecule has 18 heavy (non-hydrogen) atoms. The van der Waals surface area contributed by atoms with E-state index in [0.717, 1.165) is 17.0 Å². The van der Waals surface area contributed by atoms with Crippen LogP contribution in [0.25, 0.3) is 0 Å². The van der Waals surface area contributed by atoms with E-state index in [-0.39, 0.29) is 0 Å². The minimum Gasteiger partial charge on any atom is -0.496 e. The Labute approximate surface area is 107 Å². The van der Waals surface area contributed by atoms with Crippen LogP contribution in [-0.4, -0.2) is 13.3 Å². The highest BCUT2D eigenvalue weighted by Crippen LogP contribution is 2.23. The zero-order valence-electron chi connectivity index (χ0n) is 10.6. The lowest BCUT2D eigenvalue weighted by Gasteiger charge is -2.06. The Morgan fingerprint density at radius 1 is 1.11 bits per heavy atom. The Hall–Kier alpha value is -2.29. The van der Waals surface area contributed by atoms with Crippen molar-refractivity contribution in [2.24, 2.45) is 4.99 Å². The van der Waals surface area contributed by atoms with Crippen molar-refractivity contribution in [1.82, 2.24) is 0 Å². The lowest BCUT2D eigenvalue weighted by molar-refractivity contribution is 0.414. The van der Waals surface area contributed by atoms with E-state index < -0.39 is 0 Å². The van der Waals surface area contributed by atoms with Crippen LogP contribution in [0.2, 0.25) is 0 Å². The summed E-state index contributed by atoms with van der Waals surface area (Å²) in [5.74, 6) is 0.728. The van der Waals surface area contributed by atoms with Gasteiger partial charge in [0, 0.05) is 11.9 Å². The molecule has 0 aliphatic carbocycles. The van der Waals surface area contributed by atoms with Crippen LogP contribution in [0.3, 0.4) is 0 Å². The molecule has 0 amide bonds. The van der Waals surface area contributed by atoms with Gasteiger partial charge in [-0.2, -0.15) is 0 Å². The monoisotopic (exact) mass is 240 g/mol. The molecular formula is C15H16N2O. The third-order valence-corrected chi connectivity index (χ3v) is 2.70. The first-order chi connectivity index (χ1) is 8.70. The molecule has 0 heterocycles. The minimum atomic E-state index is 0.658. The molecular weight excluding hydrogens is 224 g/mol. The fraction of sp³-hybridized carbons (Fsp3) is 0.133. The molecule has 0 unspecified atom stereocenters. The highest BCUT2D eigenvalue weighted by molar-refractivity contribution is 5.91. The Balaban J connectivity index is 2.31. The van der Waals surface area contributed by atoms with Gasteiger partial charge in [-0.15, -0.1) is 0 Å². The van der Waals surface area contributed by atoms with Crippen LogP contribution in [0.15, 0.2) is 47.5 Å². The molecule has 2 aromatic rings. The van der Waals surface area contributed by atoms with Crippen LogP contribution in [0, 0.1) is 6.92 Å². The summed E-state index contributed by atoms with van der Waals surface area (Å²) in [5, 5.41) is 0. The first kappa shape index (κ1) is 12.2. The maximum absolute atomic E-state index is 5.91. The van der Waals surface area contributed by atoms with Crippen molar-refractivity contribution < 1.29 is 4.74 Å². The van der Waals surface area contributed by atoms with Crippen molar-refractivity contribution in [3.8, 4) is 5.75 Å². The quantitative estimate of drug-likeness (QED) is 0.660. The molecule has 0 aliphatic heterocycles. The summed E-state index contributed by atoms with van der Waals surface area (Å²) in [4.78, 5) is 4.40. The van der Waals surface area contributed by atoms with Gasteiger partial charge in [-0.05, 0) is 31.2 Å². The van der Waals surface area contributed by atoms with Gasteiger partial charge in [-0.25, -0.2) is 0 Å². The van der Waals surface area contributed by atoms with E-state index in [1.54, 1.807) is 13.3 Å². The number of hydrogen-bond donors (Lipinski definition) is 1. The fourth-order valence-corrected chi connectivity index (χ4v) is 1.65. The molecule has 2 aromatic carbocycles. The van der Waals surface area contributed by atoms with Crippen LogP contribution >= 0.6 is 0 Å². The molecule has 3 nitrogen and oxygen atoms in total. The highest BCUT2D eigenvalue weighted by atomic mass is 16.5. The topological polar surface area (TPSA) is 47.6 Å². The SMILES string of the molecule is COc1cccc(N)c1C=Nc1ccc(C)cc1. The molecule has 0 fully saturated rings. The summed E-state index contributed by atoms with van der Waals surface area (Å²) in [5.41, 5.74) is 9.49. The molecule has 0 atom stereocenters. The number of benzene rings is 2. The van der Waals surface area contributed by atoms with Crippen LogP contribution in [-0.2, 0) is 0 Å². The van der Waals surface area contributed by atoms with Gasteiger partial charge in [0.15, 0.2) is 0 Å². The standard InChI is InChI=1S/C15H16N2O/c1-11-6-8-12(9-7-11)17-10-13-14(16)4-3-5-15(13)18-2/h3-10H,16H2,1-2H3. The van der Waals surface area contributed by atoms with Crippen LogP contribution in [0.1, 0.15) is 11.1 Å². The number of ether oxygens (including phenoxy) is 1. The molecule has 0 aromatic heterocycles. The van der Waals surface area contributed by atoms with Gasteiger partial charge >= 0.3 is 0 Å². The second kappa shape index (κ2) is 5.36. The highest BCUT2D eigenvalue weighted by Gasteiger charge is 2.03. The second-order valence-electron chi connectivity index (χ2n) is 4.06. The largest absolute Gasteiger partial charge is 0.496 e. The van der Waals surface area contributed by atoms with E-state index in [9.17, 15) is 0 Å². The normalized spacial score (nSPS) is 10.8. The predicted molar refractivity (Wildman–Crippen MR) is 75.8 cm³/mol. The average molecular weight is 240 g/mol. The average Bonchev–Trinajstić information content (AvgIpc) is 2.39. The Kier molecular flexibility index (Phi) is 3.63. The fourth-order valence-electron chi connectivity index (χ4n) is 1.65. The molecule has 0 saturated carbocycles. The number of aryl methyl sites for hydroxylation is 1. The van der Waals surface area contributed by atoms with Crippen molar-refractivity contribution in [3.63, 3.8) is 0 Å². The van der Waals surface area contributed by atoms with Crippen molar-refractivity contribution in [2.75, 3.05) is 12.8 Å². The van der Waals surface area contributed by atoms with Gasteiger partial charge in [0.25, 0.3) is 0 Å². The second-order valence-corrected chi connectivity index (χ2v) is 4.06. The molecule has 92 valence electrons. The van der Waals surface area contributed by atoms with E-state index in [2.05, 4.69) is 4.99 Å². The molecule has 0 bridgehead atoms. The van der Waals surface area contributed by atoms with E-state index >= 15 is 0 Å². The van der Waals surface area contributed by atoms with Crippen LogP contribution in [0.4, 0.5) is 11.4 Å². The molecule has 2 N–H and O–H groups in total. The Morgan fingerprint density at radius 3 is 2.50 bits per heavy atom. The van der Waals surface area contributed by atoms with E-state index in [4.69, 9.17) is 10.5 Å². The summed E-state index contributed by atoms with van der Waals surface area (Å²) in [6.45, 7) is 2.05. The summed E-state index contributed by atoms with van der Waals surface area (Å²) >= 11 is 0. The smallest absolute Gasteiger partial charge is 0.129 e. The summed E-state index contributed by atoms with van der Waals surface area (Å²) in [7, 11) is 1.62.